The first-order valence-electron chi connectivity index (χ1n) is 10.1. The van der Waals surface area contributed by atoms with Crippen LogP contribution in [0, 0.1) is 6.92 Å². The molecule has 0 saturated heterocycles. The number of benzene rings is 3. The molecule has 1 N–H and O–H groups in total. The van der Waals surface area contributed by atoms with Gasteiger partial charge in [0, 0.05) is 18.7 Å². The van der Waals surface area contributed by atoms with Gasteiger partial charge < -0.3 is 14.6 Å². The van der Waals surface area contributed by atoms with E-state index >= 15 is 0 Å². The quantitative estimate of drug-likeness (QED) is 0.502. The van der Waals surface area contributed by atoms with Crippen LogP contribution in [-0.4, -0.2) is 29.1 Å². The summed E-state index contributed by atoms with van der Waals surface area (Å²) in [7, 11) is 1.63. The van der Waals surface area contributed by atoms with E-state index in [9.17, 15) is 4.79 Å². The minimum Gasteiger partial charge on any atom is -0.497 e. The monoisotopic (exact) mass is 399 g/mol. The molecule has 0 atom stereocenters. The highest BCUT2D eigenvalue weighted by molar-refractivity contribution is 5.81. The van der Waals surface area contributed by atoms with Crippen LogP contribution in [0.4, 0.5) is 0 Å². The van der Waals surface area contributed by atoms with Crippen LogP contribution in [0.1, 0.15) is 11.1 Å². The molecule has 0 aliphatic heterocycles. The van der Waals surface area contributed by atoms with Gasteiger partial charge in [0.05, 0.1) is 24.6 Å². The highest BCUT2D eigenvalue weighted by Crippen LogP contribution is 2.25. The molecule has 0 unspecified atom stereocenters. The van der Waals surface area contributed by atoms with E-state index < -0.39 is 0 Å². The zero-order valence-electron chi connectivity index (χ0n) is 17.3. The molecule has 0 bridgehead atoms. The van der Waals surface area contributed by atoms with Crippen molar-refractivity contribution < 1.29 is 9.53 Å². The minimum atomic E-state index is 0.00136. The van der Waals surface area contributed by atoms with Crippen LogP contribution in [-0.2, 0) is 17.8 Å². The lowest BCUT2D eigenvalue weighted by atomic mass is 10.1. The number of aryl methyl sites for hydroxylation is 1. The number of hydrogen-bond acceptors (Lipinski definition) is 3. The molecule has 3 aromatic carbocycles. The van der Waals surface area contributed by atoms with Crippen LogP contribution < -0.4 is 10.1 Å². The Morgan fingerprint density at radius 1 is 1.00 bits per heavy atom. The Labute approximate surface area is 176 Å². The third-order valence-corrected chi connectivity index (χ3v) is 5.15. The first kappa shape index (κ1) is 19.7. The molecule has 5 heteroatoms. The number of aromatic nitrogens is 2. The number of nitrogens with zero attached hydrogens (tertiary/aromatic N) is 2. The molecule has 0 radical (unpaired) electrons. The van der Waals surface area contributed by atoms with E-state index in [0.29, 0.717) is 19.5 Å². The molecule has 0 aliphatic rings. The Hall–Kier alpha value is -3.60. The second kappa shape index (κ2) is 8.82. The van der Waals surface area contributed by atoms with Crippen molar-refractivity contribution in [1.29, 1.82) is 0 Å². The summed E-state index contributed by atoms with van der Waals surface area (Å²) in [6.45, 7) is 3.26. The SMILES string of the molecule is COc1ccc(CC(=O)NCCn2c(-c3ccc(C)cc3)nc3ccccc32)cc1. The Kier molecular flexibility index (Phi) is 5.80. The van der Waals surface area contributed by atoms with Crippen molar-refractivity contribution in [2.75, 3.05) is 13.7 Å². The van der Waals surface area contributed by atoms with Crippen LogP contribution >= 0.6 is 0 Å². The molecule has 0 saturated carbocycles. The zero-order chi connectivity index (χ0) is 20.9. The molecule has 0 fully saturated rings. The first-order chi connectivity index (χ1) is 14.6. The number of rotatable bonds is 7. The minimum absolute atomic E-state index is 0.00136. The van der Waals surface area contributed by atoms with Crippen molar-refractivity contribution in [2.24, 2.45) is 0 Å². The van der Waals surface area contributed by atoms with Crippen molar-refractivity contribution in [1.82, 2.24) is 14.9 Å². The third kappa shape index (κ3) is 4.35. The predicted molar refractivity (Wildman–Crippen MR) is 120 cm³/mol. The lowest BCUT2D eigenvalue weighted by Crippen LogP contribution is -2.28. The van der Waals surface area contributed by atoms with Crippen molar-refractivity contribution in [3.8, 4) is 17.1 Å². The van der Waals surface area contributed by atoms with Gasteiger partial charge in [0.15, 0.2) is 0 Å². The van der Waals surface area contributed by atoms with Crippen LogP contribution in [0.5, 0.6) is 5.75 Å². The second-order valence-corrected chi connectivity index (χ2v) is 7.32. The van der Waals surface area contributed by atoms with Gasteiger partial charge in [-0.2, -0.15) is 0 Å². The Balaban J connectivity index is 1.47. The van der Waals surface area contributed by atoms with E-state index in [1.165, 1.54) is 5.56 Å². The summed E-state index contributed by atoms with van der Waals surface area (Å²) in [4.78, 5) is 17.2. The number of methoxy groups -OCH3 is 1. The highest BCUT2D eigenvalue weighted by Gasteiger charge is 2.12. The fourth-order valence-corrected chi connectivity index (χ4v) is 3.52. The molecule has 152 valence electrons. The number of carbonyl (C=O) groups is 1. The van der Waals surface area contributed by atoms with Crippen molar-refractivity contribution in [3.05, 3.63) is 83.9 Å². The molecule has 1 aromatic heterocycles. The summed E-state index contributed by atoms with van der Waals surface area (Å²) < 4.78 is 7.33. The van der Waals surface area contributed by atoms with Gasteiger partial charge in [-0.3, -0.25) is 4.79 Å². The molecule has 0 spiro atoms. The molecule has 4 rings (SSSR count). The third-order valence-electron chi connectivity index (χ3n) is 5.15. The highest BCUT2D eigenvalue weighted by atomic mass is 16.5. The summed E-state index contributed by atoms with van der Waals surface area (Å²) in [5, 5.41) is 3.03. The van der Waals surface area contributed by atoms with E-state index in [2.05, 4.69) is 47.1 Å². The maximum atomic E-state index is 12.4. The number of imidazole rings is 1. The standard InChI is InChI=1S/C25H25N3O2/c1-18-7-11-20(12-8-18)25-27-22-5-3-4-6-23(22)28(25)16-15-26-24(29)17-19-9-13-21(30-2)14-10-19/h3-14H,15-17H2,1-2H3,(H,26,29). The molecule has 1 heterocycles. The van der Waals surface area contributed by atoms with Gasteiger partial charge in [-0.05, 0) is 36.8 Å². The van der Waals surface area contributed by atoms with Gasteiger partial charge in [-0.25, -0.2) is 4.98 Å². The van der Waals surface area contributed by atoms with Crippen molar-refractivity contribution >= 4 is 16.9 Å². The average Bonchev–Trinajstić information content (AvgIpc) is 3.13. The maximum Gasteiger partial charge on any atom is 0.224 e. The summed E-state index contributed by atoms with van der Waals surface area (Å²) in [6, 6.07) is 24.0. The Morgan fingerprint density at radius 2 is 1.73 bits per heavy atom. The number of amides is 1. The molecule has 0 aliphatic carbocycles. The van der Waals surface area contributed by atoms with Crippen molar-refractivity contribution in [2.45, 2.75) is 19.9 Å². The summed E-state index contributed by atoms with van der Waals surface area (Å²) in [5.41, 5.74) is 5.27. The molecular weight excluding hydrogens is 374 g/mol. The summed E-state index contributed by atoms with van der Waals surface area (Å²) >= 11 is 0. The van der Waals surface area contributed by atoms with Gasteiger partial charge in [-0.1, -0.05) is 54.1 Å². The topological polar surface area (TPSA) is 56.1 Å². The smallest absolute Gasteiger partial charge is 0.224 e. The first-order valence-corrected chi connectivity index (χ1v) is 10.1. The molecular formula is C25H25N3O2. The van der Waals surface area contributed by atoms with Gasteiger partial charge in [-0.15, -0.1) is 0 Å². The van der Waals surface area contributed by atoms with Crippen LogP contribution in [0.15, 0.2) is 72.8 Å². The van der Waals surface area contributed by atoms with E-state index in [0.717, 1.165) is 33.7 Å². The number of fused-ring (bicyclic) bond motifs is 1. The lowest BCUT2D eigenvalue weighted by Gasteiger charge is -2.11. The second-order valence-electron chi connectivity index (χ2n) is 7.32. The zero-order valence-corrected chi connectivity index (χ0v) is 17.3. The van der Waals surface area contributed by atoms with E-state index in [1.54, 1.807) is 7.11 Å². The number of carbonyl (C=O) groups excluding carboxylic acids is 1. The predicted octanol–water partition coefficient (Wildman–Crippen LogP) is 4.38. The Bertz CT molecular complexity index is 1150. The van der Waals surface area contributed by atoms with E-state index in [4.69, 9.17) is 9.72 Å². The summed E-state index contributed by atoms with van der Waals surface area (Å²) in [6.07, 6.45) is 0.347. The molecule has 5 nitrogen and oxygen atoms in total. The van der Waals surface area contributed by atoms with Gasteiger partial charge >= 0.3 is 0 Å². The van der Waals surface area contributed by atoms with Gasteiger partial charge in [0.1, 0.15) is 11.6 Å². The van der Waals surface area contributed by atoms with E-state index in [-0.39, 0.29) is 5.91 Å². The molecule has 1 amide bonds. The fraction of sp³-hybridized carbons (Fsp3) is 0.200. The number of nitrogens with one attached hydrogen (secondary N) is 1. The fourth-order valence-electron chi connectivity index (χ4n) is 3.52. The van der Waals surface area contributed by atoms with Crippen molar-refractivity contribution in [3.63, 3.8) is 0 Å². The number of hydrogen-bond donors (Lipinski definition) is 1. The summed E-state index contributed by atoms with van der Waals surface area (Å²) in [5.74, 6) is 1.71. The number of ether oxygens (including phenoxy) is 1. The average molecular weight is 399 g/mol. The van der Waals surface area contributed by atoms with Crippen LogP contribution in [0.3, 0.4) is 0 Å². The van der Waals surface area contributed by atoms with Crippen LogP contribution in [0.2, 0.25) is 0 Å². The largest absolute Gasteiger partial charge is 0.497 e. The maximum absolute atomic E-state index is 12.4. The number of para-hydroxylation sites is 2. The van der Waals surface area contributed by atoms with E-state index in [1.807, 2.05) is 42.5 Å². The molecule has 30 heavy (non-hydrogen) atoms. The van der Waals surface area contributed by atoms with Gasteiger partial charge in [0.25, 0.3) is 0 Å². The van der Waals surface area contributed by atoms with Gasteiger partial charge in [0.2, 0.25) is 5.91 Å². The molecule has 4 aromatic rings. The normalized spacial score (nSPS) is 10.9. The Morgan fingerprint density at radius 3 is 2.47 bits per heavy atom. The van der Waals surface area contributed by atoms with Crippen LogP contribution in [0.25, 0.3) is 22.4 Å². The lowest BCUT2D eigenvalue weighted by molar-refractivity contribution is -0.120.